The average molecular weight is 231 g/mol. The Morgan fingerprint density at radius 2 is 1.88 bits per heavy atom. The number of pyridine rings is 1. The molecule has 1 aromatic carbocycles. The number of nitrogens with one attached hydrogen (secondary N) is 1. The summed E-state index contributed by atoms with van der Waals surface area (Å²) in [6.45, 7) is 4.11. The first kappa shape index (κ1) is 10.8. The predicted octanol–water partition coefficient (Wildman–Crippen LogP) is 2.51. The molecule has 3 N–H and O–H groups in total. The molecule has 1 heterocycles. The van der Waals surface area contributed by atoms with Crippen molar-refractivity contribution in [3.63, 3.8) is 0 Å². The normalized spacial score (nSPS) is 10.4. The van der Waals surface area contributed by atoms with E-state index in [0.29, 0.717) is 5.82 Å². The number of aryl methyl sites for hydroxylation is 2. The lowest BCUT2D eigenvalue weighted by atomic mass is 10.1. The molecule has 1 aromatic heterocycles. The first-order valence-electron chi connectivity index (χ1n) is 5.01. The molecule has 0 unspecified atom stereocenters. The number of anilines is 1. The number of nitrogens with zero attached hydrogens (tertiary/aromatic N) is 1. The lowest BCUT2D eigenvalue weighted by Gasteiger charge is -2.08. The topological polar surface area (TPSA) is 50.9 Å². The Morgan fingerprint density at radius 1 is 1.19 bits per heavy atom. The number of hydrogen-bond donors (Lipinski definition) is 2. The molecule has 16 heavy (non-hydrogen) atoms. The molecule has 0 aliphatic carbocycles. The van der Waals surface area contributed by atoms with Crippen LogP contribution in [0.5, 0.6) is 0 Å². The summed E-state index contributed by atoms with van der Waals surface area (Å²) in [6.07, 6.45) is 0. The van der Waals surface area contributed by atoms with Crippen LogP contribution in [-0.2, 0) is 0 Å². The lowest BCUT2D eigenvalue weighted by molar-refractivity contribution is 1.34. The molecule has 0 fully saturated rings. The maximum atomic E-state index is 5.42. The van der Waals surface area contributed by atoms with Crippen LogP contribution in [0.25, 0.3) is 10.9 Å². The van der Waals surface area contributed by atoms with Crippen molar-refractivity contribution in [2.75, 3.05) is 5.32 Å². The molecular weight excluding hydrogens is 218 g/mol. The molecule has 82 valence electrons. The summed E-state index contributed by atoms with van der Waals surface area (Å²) in [4.78, 5) is 4.50. The van der Waals surface area contributed by atoms with E-state index in [1.165, 1.54) is 5.56 Å². The Hall–Kier alpha value is -1.68. The standard InChI is InChI=1S/C12H13N3S/c1-7-3-4-8(2)11-9(7)5-6-10(14-11)15-12(13)16/h3-6H,1-2H3,(H3,13,14,15,16). The predicted molar refractivity (Wildman–Crippen MR) is 71.6 cm³/mol. The highest BCUT2D eigenvalue weighted by molar-refractivity contribution is 7.80. The molecule has 0 bridgehead atoms. The van der Waals surface area contributed by atoms with Crippen molar-refractivity contribution >= 4 is 34.1 Å². The van der Waals surface area contributed by atoms with Gasteiger partial charge >= 0.3 is 0 Å². The number of rotatable bonds is 1. The zero-order valence-electron chi connectivity index (χ0n) is 9.24. The fraction of sp³-hybridized carbons (Fsp3) is 0.167. The van der Waals surface area contributed by atoms with Crippen LogP contribution in [0, 0.1) is 13.8 Å². The smallest absolute Gasteiger partial charge is 0.169 e. The fourth-order valence-corrected chi connectivity index (χ4v) is 1.80. The maximum Gasteiger partial charge on any atom is 0.169 e. The molecule has 0 saturated heterocycles. The van der Waals surface area contributed by atoms with Gasteiger partial charge in [-0.25, -0.2) is 4.98 Å². The second-order valence-corrected chi connectivity index (χ2v) is 4.22. The van der Waals surface area contributed by atoms with Crippen LogP contribution < -0.4 is 11.1 Å². The van der Waals surface area contributed by atoms with E-state index in [1.807, 2.05) is 19.1 Å². The molecule has 2 rings (SSSR count). The van der Waals surface area contributed by atoms with Gasteiger partial charge in [-0.2, -0.15) is 0 Å². The SMILES string of the molecule is Cc1ccc(C)c2nc(NC(N)=S)ccc12. The summed E-state index contributed by atoms with van der Waals surface area (Å²) in [7, 11) is 0. The molecule has 2 aromatic rings. The highest BCUT2D eigenvalue weighted by Crippen LogP contribution is 2.21. The summed E-state index contributed by atoms with van der Waals surface area (Å²) in [6, 6.07) is 8.08. The zero-order chi connectivity index (χ0) is 11.7. The Labute approximate surface area is 99.7 Å². The van der Waals surface area contributed by atoms with Crippen molar-refractivity contribution < 1.29 is 0 Å². The third kappa shape index (κ3) is 1.97. The second kappa shape index (κ2) is 4.06. The summed E-state index contributed by atoms with van der Waals surface area (Å²) in [5.74, 6) is 0.689. The van der Waals surface area contributed by atoms with Crippen molar-refractivity contribution in [3.05, 3.63) is 35.4 Å². The summed E-state index contributed by atoms with van der Waals surface area (Å²) in [5, 5.41) is 4.24. The van der Waals surface area contributed by atoms with E-state index in [4.69, 9.17) is 18.0 Å². The molecular formula is C12H13N3S. The van der Waals surface area contributed by atoms with Crippen LogP contribution in [0.3, 0.4) is 0 Å². The van der Waals surface area contributed by atoms with Crippen molar-refractivity contribution in [2.24, 2.45) is 5.73 Å². The molecule has 0 saturated carbocycles. The first-order chi connectivity index (χ1) is 7.58. The lowest BCUT2D eigenvalue weighted by Crippen LogP contribution is -2.19. The van der Waals surface area contributed by atoms with E-state index >= 15 is 0 Å². The molecule has 3 nitrogen and oxygen atoms in total. The van der Waals surface area contributed by atoms with Gasteiger partial charge in [0, 0.05) is 5.39 Å². The van der Waals surface area contributed by atoms with Gasteiger partial charge in [-0.15, -0.1) is 0 Å². The number of hydrogen-bond acceptors (Lipinski definition) is 2. The Kier molecular flexibility index (Phi) is 2.75. The quantitative estimate of drug-likeness (QED) is 0.740. The van der Waals surface area contributed by atoms with E-state index in [9.17, 15) is 0 Å². The van der Waals surface area contributed by atoms with Crippen LogP contribution in [0.1, 0.15) is 11.1 Å². The van der Waals surface area contributed by atoms with Crippen LogP contribution in [0.2, 0.25) is 0 Å². The van der Waals surface area contributed by atoms with Gasteiger partial charge in [0.25, 0.3) is 0 Å². The number of fused-ring (bicyclic) bond motifs is 1. The first-order valence-corrected chi connectivity index (χ1v) is 5.42. The van der Waals surface area contributed by atoms with Gasteiger partial charge < -0.3 is 11.1 Å². The minimum absolute atomic E-state index is 0.233. The minimum atomic E-state index is 0.233. The van der Waals surface area contributed by atoms with Crippen molar-refractivity contribution in [2.45, 2.75) is 13.8 Å². The fourth-order valence-electron chi connectivity index (χ4n) is 1.69. The van der Waals surface area contributed by atoms with Crippen molar-refractivity contribution in [1.29, 1.82) is 0 Å². The van der Waals surface area contributed by atoms with E-state index in [2.05, 4.69) is 29.4 Å². The number of nitrogens with two attached hydrogens (primary N) is 1. The number of aromatic nitrogens is 1. The van der Waals surface area contributed by atoms with E-state index in [-0.39, 0.29) is 5.11 Å². The highest BCUT2D eigenvalue weighted by Gasteiger charge is 2.03. The van der Waals surface area contributed by atoms with Gasteiger partial charge in [-0.05, 0) is 49.3 Å². The van der Waals surface area contributed by atoms with Gasteiger partial charge in [-0.3, -0.25) is 0 Å². The third-order valence-corrected chi connectivity index (χ3v) is 2.63. The Balaban J connectivity index is 2.61. The number of benzene rings is 1. The molecule has 0 aliphatic heterocycles. The second-order valence-electron chi connectivity index (χ2n) is 3.78. The molecule has 0 spiro atoms. The van der Waals surface area contributed by atoms with Gasteiger partial charge in [0.2, 0.25) is 0 Å². The van der Waals surface area contributed by atoms with Crippen molar-refractivity contribution in [3.8, 4) is 0 Å². The van der Waals surface area contributed by atoms with Gasteiger partial charge in [0.15, 0.2) is 5.11 Å². The monoisotopic (exact) mass is 231 g/mol. The van der Waals surface area contributed by atoms with Crippen LogP contribution in [0.4, 0.5) is 5.82 Å². The van der Waals surface area contributed by atoms with E-state index in [1.54, 1.807) is 0 Å². The zero-order valence-corrected chi connectivity index (χ0v) is 10.1. The van der Waals surface area contributed by atoms with Gasteiger partial charge in [0.1, 0.15) is 5.82 Å². The maximum absolute atomic E-state index is 5.42. The average Bonchev–Trinajstić information content (AvgIpc) is 2.23. The molecule has 0 atom stereocenters. The third-order valence-electron chi connectivity index (χ3n) is 2.53. The highest BCUT2D eigenvalue weighted by atomic mass is 32.1. The summed E-state index contributed by atoms with van der Waals surface area (Å²) < 4.78 is 0. The van der Waals surface area contributed by atoms with Crippen LogP contribution in [0.15, 0.2) is 24.3 Å². The summed E-state index contributed by atoms with van der Waals surface area (Å²) in [5.41, 5.74) is 8.77. The van der Waals surface area contributed by atoms with Crippen LogP contribution >= 0.6 is 12.2 Å². The van der Waals surface area contributed by atoms with Crippen molar-refractivity contribution in [1.82, 2.24) is 4.98 Å². The minimum Gasteiger partial charge on any atom is -0.376 e. The van der Waals surface area contributed by atoms with Crippen LogP contribution in [-0.4, -0.2) is 10.1 Å². The molecule has 0 aliphatic rings. The van der Waals surface area contributed by atoms with E-state index < -0.39 is 0 Å². The largest absolute Gasteiger partial charge is 0.376 e. The number of thiocarbonyl (C=S) groups is 1. The van der Waals surface area contributed by atoms with Gasteiger partial charge in [-0.1, -0.05) is 12.1 Å². The summed E-state index contributed by atoms with van der Waals surface area (Å²) >= 11 is 4.79. The Bertz CT molecular complexity index is 563. The molecule has 4 heteroatoms. The Morgan fingerprint density at radius 3 is 2.56 bits per heavy atom. The van der Waals surface area contributed by atoms with E-state index in [0.717, 1.165) is 16.5 Å². The van der Waals surface area contributed by atoms with Gasteiger partial charge in [0.05, 0.1) is 5.52 Å². The molecule has 0 amide bonds. The molecule has 0 radical (unpaired) electrons.